The van der Waals surface area contributed by atoms with Crippen molar-refractivity contribution in [3.05, 3.63) is 23.9 Å². The number of aromatic nitrogens is 1. The fourth-order valence-corrected chi connectivity index (χ4v) is 2.91. The van der Waals surface area contributed by atoms with Crippen molar-refractivity contribution >= 4 is 11.9 Å². The predicted octanol–water partition coefficient (Wildman–Crippen LogP) is 1.94. The number of rotatable bonds is 8. The Hall–Kier alpha value is -2.31. The fraction of sp³-hybridized carbons (Fsp3) is 0.632. The van der Waals surface area contributed by atoms with E-state index in [1.165, 1.54) is 0 Å². The van der Waals surface area contributed by atoms with Gasteiger partial charge in [-0.25, -0.2) is 9.98 Å². The molecule has 144 valence electrons. The zero-order chi connectivity index (χ0) is 18.6. The van der Waals surface area contributed by atoms with Crippen molar-refractivity contribution < 1.29 is 9.53 Å². The highest BCUT2D eigenvalue weighted by atomic mass is 16.5. The first-order chi connectivity index (χ1) is 12.7. The van der Waals surface area contributed by atoms with Crippen LogP contribution in [0.5, 0.6) is 5.88 Å². The van der Waals surface area contributed by atoms with Crippen molar-refractivity contribution in [2.45, 2.75) is 45.6 Å². The van der Waals surface area contributed by atoms with E-state index < -0.39 is 0 Å². The molecule has 0 saturated carbocycles. The van der Waals surface area contributed by atoms with E-state index in [0.29, 0.717) is 24.8 Å². The van der Waals surface area contributed by atoms with E-state index in [-0.39, 0.29) is 0 Å². The first-order valence-corrected chi connectivity index (χ1v) is 9.52. The molecule has 0 radical (unpaired) electrons. The molecule has 26 heavy (non-hydrogen) atoms. The molecule has 1 aromatic rings. The van der Waals surface area contributed by atoms with E-state index in [2.05, 4.69) is 20.6 Å². The van der Waals surface area contributed by atoms with E-state index in [1.807, 2.05) is 30.0 Å². The van der Waals surface area contributed by atoms with Crippen LogP contribution in [0.25, 0.3) is 0 Å². The Labute approximate surface area is 156 Å². The summed E-state index contributed by atoms with van der Waals surface area (Å²) in [5, 5.41) is 6.57. The van der Waals surface area contributed by atoms with Gasteiger partial charge in [-0.05, 0) is 32.3 Å². The first-order valence-electron chi connectivity index (χ1n) is 9.52. The van der Waals surface area contributed by atoms with E-state index >= 15 is 0 Å². The second-order valence-corrected chi connectivity index (χ2v) is 6.34. The van der Waals surface area contributed by atoms with Crippen molar-refractivity contribution in [1.82, 2.24) is 20.5 Å². The van der Waals surface area contributed by atoms with Crippen LogP contribution in [0.2, 0.25) is 0 Å². The topological polar surface area (TPSA) is 78.9 Å². The van der Waals surface area contributed by atoms with Crippen LogP contribution in [-0.4, -0.2) is 55.0 Å². The lowest BCUT2D eigenvalue weighted by Gasteiger charge is -2.20. The van der Waals surface area contributed by atoms with Gasteiger partial charge in [0, 0.05) is 38.7 Å². The summed E-state index contributed by atoms with van der Waals surface area (Å²) in [6, 6.07) is 5.66. The number of likely N-dealkylation sites (tertiary alicyclic amines) is 1. The molecule has 0 atom stereocenters. The molecule has 2 N–H and O–H groups in total. The maximum absolute atomic E-state index is 12.0. The minimum Gasteiger partial charge on any atom is -0.481 e. The third-order valence-electron chi connectivity index (χ3n) is 4.30. The molecule has 2 heterocycles. The highest BCUT2D eigenvalue weighted by molar-refractivity contribution is 5.79. The van der Waals surface area contributed by atoms with Gasteiger partial charge >= 0.3 is 0 Å². The smallest absolute Gasteiger partial charge is 0.222 e. The second-order valence-electron chi connectivity index (χ2n) is 6.34. The van der Waals surface area contributed by atoms with E-state index in [1.54, 1.807) is 7.11 Å². The average Bonchev–Trinajstić information content (AvgIpc) is 2.87. The highest BCUT2D eigenvalue weighted by Crippen LogP contribution is 2.11. The van der Waals surface area contributed by atoms with Gasteiger partial charge in [0.2, 0.25) is 11.8 Å². The summed E-state index contributed by atoms with van der Waals surface area (Å²) < 4.78 is 5.14. The highest BCUT2D eigenvalue weighted by Gasteiger charge is 2.15. The van der Waals surface area contributed by atoms with Crippen LogP contribution >= 0.6 is 0 Å². The number of amides is 1. The van der Waals surface area contributed by atoms with Gasteiger partial charge in [0.25, 0.3) is 0 Å². The maximum Gasteiger partial charge on any atom is 0.222 e. The van der Waals surface area contributed by atoms with Gasteiger partial charge in [-0.3, -0.25) is 4.79 Å². The number of ether oxygens (including phenoxy) is 1. The van der Waals surface area contributed by atoms with Crippen molar-refractivity contribution in [2.24, 2.45) is 4.99 Å². The Bertz CT molecular complexity index is 591. The van der Waals surface area contributed by atoms with E-state index in [0.717, 1.165) is 63.5 Å². The van der Waals surface area contributed by atoms with Crippen molar-refractivity contribution in [3.63, 3.8) is 0 Å². The number of methoxy groups -OCH3 is 1. The lowest BCUT2D eigenvalue weighted by Crippen LogP contribution is -2.39. The van der Waals surface area contributed by atoms with Crippen LogP contribution in [0, 0.1) is 0 Å². The Kier molecular flexibility index (Phi) is 8.72. The Morgan fingerprint density at radius 1 is 1.31 bits per heavy atom. The molecule has 0 spiro atoms. The molecule has 1 aliphatic heterocycles. The number of hydrogen-bond acceptors (Lipinski definition) is 4. The fourth-order valence-electron chi connectivity index (χ4n) is 2.91. The third-order valence-corrected chi connectivity index (χ3v) is 4.30. The molecule has 2 rings (SSSR count). The van der Waals surface area contributed by atoms with Gasteiger partial charge in [0.15, 0.2) is 5.96 Å². The number of pyridine rings is 1. The molecule has 0 aromatic carbocycles. The summed E-state index contributed by atoms with van der Waals surface area (Å²) in [6.45, 7) is 5.80. The Morgan fingerprint density at radius 2 is 2.19 bits per heavy atom. The van der Waals surface area contributed by atoms with Crippen molar-refractivity contribution in [1.29, 1.82) is 0 Å². The molecule has 0 unspecified atom stereocenters. The summed E-state index contributed by atoms with van der Waals surface area (Å²) in [6.07, 6.45) is 4.93. The maximum atomic E-state index is 12.0. The van der Waals surface area contributed by atoms with Crippen molar-refractivity contribution in [3.8, 4) is 5.88 Å². The number of aliphatic imine (C=N–C) groups is 1. The normalized spacial score (nSPS) is 15.5. The molecule has 0 aliphatic carbocycles. The monoisotopic (exact) mass is 361 g/mol. The minimum atomic E-state index is 0.298. The standard InChI is InChI=1S/C19H31N5O2/c1-3-20-19(22-15-16-9-7-10-17(23-16)26-2)21-12-8-14-24-13-6-4-5-11-18(24)25/h7,9-10H,3-6,8,11-15H2,1-2H3,(H2,20,21,22). The lowest BCUT2D eigenvalue weighted by molar-refractivity contribution is -0.130. The number of hydrogen-bond donors (Lipinski definition) is 2. The predicted molar refractivity (Wildman–Crippen MR) is 103 cm³/mol. The van der Waals surface area contributed by atoms with Gasteiger partial charge in [0.1, 0.15) is 0 Å². The molecular weight excluding hydrogens is 330 g/mol. The minimum absolute atomic E-state index is 0.298. The van der Waals surface area contributed by atoms with Gasteiger partial charge in [-0.2, -0.15) is 0 Å². The molecule has 1 fully saturated rings. The molecule has 1 aromatic heterocycles. The van der Waals surface area contributed by atoms with Crippen LogP contribution in [0.4, 0.5) is 0 Å². The number of nitrogens with one attached hydrogen (secondary N) is 2. The summed E-state index contributed by atoms with van der Waals surface area (Å²) in [5.74, 6) is 1.66. The van der Waals surface area contributed by atoms with Crippen molar-refractivity contribution in [2.75, 3.05) is 33.3 Å². The Morgan fingerprint density at radius 3 is 3.00 bits per heavy atom. The summed E-state index contributed by atoms with van der Waals surface area (Å²) in [4.78, 5) is 22.9. The molecule has 1 amide bonds. The molecule has 7 nitrogen and oxygen atoms in total. The number of nitrogens with zero attached hydrogens (tertiary/aromatic N) is 3. The second kappa shape index (κ2) is 11.3. The van der Waals surface area contributed by atoms with Gasteiger partial charge in [-0.15, -0.1) is 0 Å². The van der Waals surface area contributed by atoms with Gasteiger partial charge < -0.3 is 20.3 Å². The van der Waals surface area contributed by atoms with Crippen LogP contribution in [0.15, 0.2) is 23.2 Å². The summed E-state index contributed by atoms with van der Waals surface area (Å²) in [7, 11) is 1.61. The zero-order valence-electron chi connectivity index (χ0n) is 16.0. The molecule has 0 bridgehead atoms. The largest absolute Gasteiger partial charge is 0.481 e. The number of guanidine groups is 1. The SMILES string of the molecule is CCNC(=NCc1cccc(OC)n1)NCCCN1CCCCCC1=O. The van der Waals surface area contributed by atoms with Gasteiger partial charge in [-0.1, -0.05) is 12.5 Å². The van der Waals surface area contributed by atoms with Crippen LogP contribution in [0.3, 0.4) is 0 Å². The number of carbonyl (C=O) groups excluding carboxylic acids is 1. The summed E-state index contributed by atoms with van der Waals surface area (Å²) in [5.41, 5.74) is 0.858. The molecule has 1 saturated heterocycles. The number of carbonyl (C=O) groups is 1. The third kappa shape index (κ3) is 6.90. The summed E-state index contributed by atoms with van der Waals surface area (Å²) >= 11 is 0. The molecule has 1 aliphatic rings. The molecule has 7 heteroatoms. The van der Waals surface area contributed by atoms with Crippen LogP contribution in [-0.2, 0) is 11.3 Å². The molecular formula is C19H31N5O2. The van der Waals surface area contributed by atoms with Crippen LogP contribution in [0.1, 0.15) is 44.7 Å². The van der Waals surface area contributed by atoms with Gasteiger partial charge in [0.05, 0.1) is 19.3 Å². The van der Waals surface area contributed by atoms with Crippen LogP contribution < -0.4 is 15.4 Å². The van der Waals surface area contributed by atoms with E-state index in [4.69, 9.17) is 4.74 Å². The average molecular weight is 361 g/mol. The first kappa shape index (κ1) is 20.0. The lowest BCUT2D eigenvalue weighted by atomic mass is 10.2. The Balaban J connectivity index is 1.78. The quantitative estimate of drug-likeness (QED) is 0.420. The zero-order valence-corrected chi connectivity index (χ0v) is 16.0. The van der Waals surface area contributed by atoms with E-state index in [9.17, 15) is 4.79 Å².